The molecule has 0 spiro atoms. The highest BCUT2D eigenvalue weighted by Crippen LogP contribution is 2.33. The molecule has 0 saturated heterocycles. The fourth-order valence-corrected chi connectivity index (χ4v) is 3.89. The van der Waals surface area contributed by atoms with Gasteiger partial charge in [-0.3, -0.25) is 4.79 Å². The predicted octanol–water partition coefficient (Wildman–Crippen LogP) is 1.30. The van der Waals surface area contributed by atoms with Crippen LogP contribution >= 0.6 is 0 Å². The summed E-state index contributed by atoms with van der Waals surface area (Å²) in [7, 11) is -1.95. The third kappa shape index (κ3) is 3.48. The molecule has 1 amide bonds. The predicted molar refractivity (Wildman–Crippen MR) is 84.4 cm³/mol. The molecule has 1 N–H and O–H groups in total. The number of nitrogens with one attached hydrogen (secondary N) is 1. The zero-order chi connectivity index (χ0) is 16.3. The van der Waals surface area contributed by atoms with Gasteiger partial charge in [0.2, 0.25) is 15.9 Å². The lowest BCUT2D eigenvalue weighted by atomic mass is 10.1. The maximum atomic E-state index is 12.3. The molecule has 0 radical (unpaired) electrons. The van der Waals surface area contributed by atoms with Crippen LogP contribution in [0.3, 0.4) is 0 Å². The SMILES string of the molecule is COCCCNS(=O)(=O)c1ccc2c(c1)CC(C)N2C(C)=O. The van der Waals surface area contributed by atoms with Gasteiger partial charge in [0.25, 0.3) is 0 Å². The Kier molecular flexibility index (Phi) is 5.20. The van der Waals surface area contributed by atoms with Crippen LogP contribution in [-0.4, -0.2) is 40.6 Å². The highest BCUT2D eigenvalue weighted by Gasteiger charge is 2.30. The first kappa shape index (κ1) is 16.9. The third-order valence-corrected chi connectivity index (χ3v) is 5.19. The smallest absolute Gasteiger partial charge is 0.240 e. The largest absolute Gasteiger partial charge is 0.385 e. The quantitative estimate of drug-likeness (QED) is 0.800. The van der Waals surface area contributed by atoms with Gasteiger partial charge in [0.15, 0.2) is 0 Å². The zero-order valence-corrected chi connectivity index (χ0v) is 13.9. The third-order valence-electron chi connectivity index (χ3n) is 3.73. The molecule has 0 aliphatic carbocycles. The molecule has 122 valence electrons. The number of methoxy groups -OCH3 is 1. The van der Waals surface area contributed by atoms with E-state index in [0.717, 1.165) is 11.3 Å². The van der Waals surface area contributed by atoms with Crippen molar-refractivity contribution in [2.75, 3.05) is 25.2 Å². The molecular weight excluding hydrogens is 304 g/mol. The van der Waals surface area contributed by atoms with Gasteiger partial charge in [-0.15, -0.1) is 0 Å². The standard InChI is InChI=1S/C15H22N2O4S/c1-11-9-13-10-14(5-6-15(13)17(11)12(2)18)22(19,20)16-7-4-8-21-3/h5-6,10-11,16H,4,7-9H2,1-3H3. The van der Waals surface area contributed by atoms with Gasteiger partial charge < -0.3 is 9.64 Å². The van der Waals surface area contributed by atoms with Gasteiger partial charge >= 0.3 is 0 Å². The van der Waals surface area contributed by atoms with Crippen molar-refractivity contribution in [2.24, 2.45) is 0 Å². The van der Waals surface area contributed by atoms with Crippen LogP contribution in [-0.2, 0) is 26.0 Å². The summed E-state index contributed by atoms with van der Waals surface area (Å²) in [6, 6.07) is 4.98. The zero-order valence-electron chi connectivity index (χ0n) is 13.1. The van der Waals surface area contributed by atoms with Crippen LogP contribution < -0.4 is 9.62 Å². The van der Waals surface area contributed by atoms with Gasteiger partial charge in [-0.1, -0.05) is 0 Å². The molecule has 1 unspecified atom stereocenters. The summed E-state index contributed by atoms with van der Waals surface area (Å²) in [4.78, 5) is 13.6. The molecule has 1 heterocycles. The number of carbonyl (C=O) groups is 1. The molecular formula is C15H22N2O4S. The molecule has 1 aliphatic rings. The number of ether oxygens (including phenoxy) is 1. The minimum atomic E-state index is -3.53. The number of amides is 1. The summed E-state index contributed by atoms with van der Waals surface area (Å²) in [5.41, 5.74) is 1.70. The number of carbonyl (C=O) groups excluding carboxylic acids is 1. The van der Waals surface area contributed by atoms with Crippen LogP contribution in [0.5, 0.6) is 0 Å². The first-order valence-corrected chi connectivity index (χ1v) is 8.76. The van der Waals surface area contributed by atoms with Crippen molar-refractivity contribution < 1.29 is 17.9 Å². The average Bonchev–Trinajstić information content (AvgIpc) is 2.78. The number of fused-ring (bicyclic) bond motifs is 1. The Bertz CT molecular complexity index is 658. The maximum Gasteiger partial charge on any atom is 0.240 e. The Labute approximate surface area is 131 Å². The summed E-state index contributed by atoms with van der Waals surface area (Å²) in [6.45, 7) is 4.33. The van der Waals surface area contributed by atoms with E-state index in [2.05, 4.69) is 4.72 Å². The van der Waals surface area contributed by atoms with Crippen LogP contribution in [0.4, 0.5) is 5.69 Å². The van der Waals surface area contributed by atoms with E-state index in [1.165, 1.54) is 6.92 Å². The fraction of sp³-hybridized carbons (Fsp3) is 0.533. The van der Waals surface area contributed by atoms with Gasteiger partial charge in [-0.2, -0.15) is 0 Å². The first-order chi connectivity index (χ1) is 10.4. The number of benzene rings is 1. The second kappa shape index (κ2) is 6.76. The van der Waals surface area contributed by atoms with E-state index in [4.69, 9.17) is 4.74 Å². The van der Waals surface area contributed by atoms with Gasteiger partial charge in [0.1, 0.15) is 0 Å². The van der Waals surface area contributed by atoms with Gasteiger partial charge in [0.05, 0.1) is 4.90 Å². The Morgan fingerprint density at radius 1 is 1.45 bits per heavy atom. The van der Waals surface area contributed by atoms with Crippen molar-refractivity contribution in [1.29, 1.82) is 0 Å². The topological polar surface area (TPSA) is 75.7 Å². The van der Waals surface area contributed by atoms with E-state index in [1.54, 1.807) is 30.2 Å². The number of rotatable bonds is 6. The average molecular weight is 326 g/mol. The molecule has 0 aromatic heterocycles. The normalized spacial score (nSPS) is 17.6. The molecule has 1 aromatic rings. The van der Waals surface area contributed by atoms with Crippen molar-refractivity contribution in [2.45, 2.75) is 37.6 Å². The molecule has 0 bridgehead atoms. The molecule has 0 saturated carbocycles. The lowest BCUT2D eigenvalue weighted by Gasteiger charge is -2.20. The molecule has 0 fully saturated rings. The van der Waals surface area contributed by atoms with E-state index in [-0.39, 0.29) is 16.8 Å². The lowest BCUT2D eigenvalue weighted by Crippen LogP contribution is -2.33. The lowest BCUT2D eigenvalue weighted by molar-refractivity contribution is -0.116. The van der Waals surface area contributed by atoms with Crippen LogP contribution in [0.1, 0.15) is 25.8 Å². The second-order valence-corrected chi connectivity index (χ2v) is 7.24. The van der Waals surface area contributed by atoms with Gasteiger partial charge in [-0.25, -0.2) is 13.1 Å². The van der Waals surface area contributed by atoms with E-state index in [0.29, 0.717) is 26.0 Å². The van der Waals surface area contributed by atoms with Crippen LogP contribution in [0.25, 0.3) is 0 Å². The summed E-state index contributed by atoms with van der Waals surface area (Å²) in [5.74, 6) is -0.0282. The summed E-state index contributed by atoms with van der Waals surface area (Å²) in [6.07, 6.45) is 1.29. The maximum absolute atomic E-state index is 12.3. The van der Waals surface area contributed by atoms with Crippen LogP contribution in [0.15, 0.2) is 23.1 Å². The molecule has 1 aliphatic heterocycles. The highest BCUT2D eigenvalue weighted by atomic mass is 32.2. The number of sulfonamides is 1. The minimum absolute atomic E-state index is 0.0282. The van der Waals surface area contributed by atoms with Crippen molar-refractivity contribution in [3.8, 4) is 0 Å². The Hall–Kier alpha value is -1.44. The Morgan fingerprint density at radius 3 is 2.82 bits per heavy atom. The van der Waals surface area contributed by atoms with Crippen molar-refractivity contribution in [3.05, 3.63) is 23.8 Å². The molecule has 7 heteroatoms. The van der Waals surface area contributed by atoms with Crippen molar-refractivity contribution in [3.63, 3.8) is 0 Å². The fourth-order valence-electron chi connectivity index (χ4n) is 2.76. The van der Waals surface area contributed by atoms with E-state index >= 15 is 0 Å². The molecule has 6 nitrogen and oxygen atoms in total. The van der Waals surface area contributed by atoms with Crippen molar-refractivity contribution in [1.82, 2.24) is 4.72 Å². The van der Waals surface area contributed by atoms with Crippen LogP contribution in [0.2, 0.25) is 0 Å². The van der Waals surface area contributed by atoms with E-state index in [1.807, 2.05) is 6.92 Å². The van der Waals surface area contributed by atoms with E-state index < -0.39 is 10.0 Å². The minimum Gasteiger partial charge on any atom is -0.385 e. The summed E-state index contributed by atoms with van der Waals surface area (Å²) < 4.78 is 32.0. The van der Waals surface area contributed by atoms with Gasteiger partial charge in [-0.05, 0) is 43.5 Å². The summed E-state index contributed by atoms with van der Waals surface area (Å²) in [5, 5.41) is 0. The Morgan fingerprint density at radius 2 is 2.18 bits per heavy atom. The molecule has 1 atom stereocenters. The van der Waals surface area contributed by atoms with Gasteiger partial charge in [0, 0.05) is 38.9 Å². The monoisotopic (exact) mass is 326 g/mol. The van der Waals surface area contributed by atoms with E-state index in [9.17, 15) is 13.2 Å². The number of nitrogens with zero attached hydrogens (tertiary/aromatic N) is 1. The Balaban J connectivity index is 2.19. The second-order valence-electron chi connectivity index (χ2n) is 5.48. The number of hydrogen-bond acceptors (Lipinski definition) is 4. The number of hydrogen-bond donors (Lipinski definition) is 1. The van der Waals surface area contributed by atoms with Crippen molar-refractivity contribution >= 4 is 21.6 Å². The first-order valence-electron chi connectivity index (χ1n) is 7.28. The highest BCUT2D eigenvalue weighted by molar-refractivity contribution is 7.89. The number of anilines is 1. The van der Waals surface area contributed by atoms with Crippen LogP contribution in [0, 0.1) is 0 Å². The molecule has 2 rings (SSSR count). The molecule has 1 aromatic carbocycles. The summed E-state index contributed by atoms with van der Waals surface area (Å²) >= 11 is 0. The molecule has 22 heavy (non-hydrogen) atoms.